The van der Waals surface area contributed by atoms with Crippen molar-refractivity contribution in [1.29, 1.82) is 0 Å². The van der Waals surface area contributed by atoms with E-state index >= 15 is 0 Å². The molecule has 1 aliphatic rings. The van der Waals surface area contributed by atoms with Crippen molar-refractivity contribution in [2.75, 3.05) is 18.4 Å². The van der Waals surface area contributed by atoms with Gasteiger partial charge in [-0.2, -0.15) is 4.31 Å². The summed E-state index contributed by atoms with van der Waals surface area (Å²) in [5.41, 5.74) is 0.581. The van der Waals surface area contributed by atoms with Gasteiger partial charge in [-0.3, -0.25) is 9.78 Å². The second-order valence-electron chi connectivity index (χ2n) is 4.92. The summed E-state index contributed by atoms with van der Waals surface area (Å²) in [6.45, 7) is 1.03. The first-order chi connectivity index (χ1) is 10.6. The first-order valence-corrected chi connectivity index (χ1v) is 9.20. The fourth-order valence-corrected chi connectivity index (χ4v) is 5.17. The Bertz CT molecular complexity index is 766. The van der Waals surface area contributed by atoms with E-state index in [-0.39, 0.29) is 9.77 Å². The van der Waals surface area contributed by atoms with Crippen LogP contribution in [0.25, 0.3) is 0 Å². The molecule has 0 spiro atoms. The van der Waals surface area contributed by atoms with Crippen LogP contribution in [-0.2, 0) is 10.0 Å². The van der Waals surface area contributed by atoms with Crippen molar-refractivity contribution in [3.05, 3.63) is 40.8 Å². The van der Waals surface area contributed by atoms with Gasteiger partial charge < -0.3 is 5.32 Å². The molecule has 1 fully saturated rings. The van der Waals surface area contributed by atoms with Crippen molar-refractivity contribution in [3.63, 3.8) is 0 Å². The third-order valence-corrected chi connectivity index (χ3v) is 6.44. The van der Waals surface area contributed by atoms with E-state index in [1.165, 1.54) is 10.4 Å². The van der Waals surface area contributed by atoms with E-state index in [0.29, 0.717) is 18.8 Å². The number of nitrogens with one attached hydrogen (secondary N) is 1. The van der Waals surface area contributed by atoms with Crippen LogP contribution in [0, 0.1) is 0 Å². The summed E-state index contributed by atoms with van der Waals surface area (Å²) < 4.78 is 26.7. The highest BCUT2D eigenvalue weighted by molar-refractivity contribution is 7.89. The maximum atomic E-state index is 12.6. The van der Waals surface area contributed by atoms with E-state index in [9.17, 15) is 13.2 Å². The Kier molecular flexibility index (Phi) is 4.23. The van der Waals surface area contributed by atoms with E-state index in [1.54, 1.807) is 29.9 Å². The summed E-state index contributed by atoms with van der Waals surface area (Å²) in [7, 11) is -3.59. The van der Waals surface area contributed by atoms with Crippen LogP contribution >= 0.6 is 11.3 Å². The van der Waals surface area contributed by atoms with Crippen LogP contribution in [0.5, 0.6) is 0 Å². The van der Waals surface area contributed by atoms with Crippen molar-refractivity contribution in [3.8, 4) is 0 Å². The minimum absolute atomic E-state index is 0.0888. The van der Waals surface area contributed by atoms with Crippen LogP contribution in [0.4, 0.5) is 5.69 Å². The van der Waals surface area contributed by atoms with Crippen molar-refractivity contribution >= 4 is 33.0 Å². The average molecular weight is 337 g/mol. The Balaban J connectivity index is 1.87. The number of rotatable bonds is 4. The number of anilines is 1. The van der Waals surface area contributed by atoms with Crippen LogP contribution in [0.2, 0.25) is 0 Å². The molecule has 116 valence electrons. The van der Waals surface area contributed by atoms with Crippen molar-refractivity contribution in [2.24, 2.45) is 0 Å². The molecule has 0 aromatic carbocycles. The molecule has 2 aromatic heterocycles. The Morgan fingerprint density at radius 1 is 1.18 bits per heavy atom. The topological polar surface area (TPSA) is 79.4 Å². The molecule has 1 amide bonds. The molecule has 1 aliphatic heterocycles. The number of carbonyl (C=O) groups excluding carboxylic acids is 1. The molecule has 0 unspecified atom stereocenters. The van der Waals surface area contributed by atoms with Crippen molar-refractivity contribution in [1.82, 2.24) is 9.29 Å². The van der Waals surface area contributed by atoms with Gasteiger partial charge in [-0.15, -0.1) is 11.3 Å². The van der Waals surface area contributed by atoms with Gasteiger partial charge in [-0.1, -0.05) is 0 Å². The number of sulfonamides is 1. The molecule has 1 N–H and O–H groups in total. The Morgan fingerprint density at radius 3 is 2.55 bits per heavy atom. The summed E-state index contributed by atoms with van der Waals surface area (Å²) in [6, 6.07) is 4.81. The fraction of sp³-hybridized carbons (Fsp3) is 0.286. The standard InChI is InChI=1S/C14H15N3O3S2/c18-14(16-11-3-6-15-7-4-11)13-12(5-10-21-13)22(19,20)17-8-1-2-9-17/h3-7,10H,1-2,8-9H2,(H,15,16,18). The average Bonchev–Trinajstić information content (AvgIpc) is 3.20. The van der Waals surface area contributed by atoms with Gasteiger partial charge in [-0.25, -0.2) is 8.42 Å². The number of nitrogens with zero attached hydrogens (tertiary/aromatic N) is 2. The number of pyridine rings is 1. The normalized spacial score (nSPS) is 15.8. The Labute approximate surface area is 132 Å². The number of amides is 1. The van der Waals surface area contributed by atoms with Gasteiger partial charge in [0.05, 0.1) is 0 Å². The molecule has 22 heavy (non-hydrogen) atoms. The largest absolute Gasteiger partial charge is 0.321 e. The molecule has 1 saturated heterocycles. The van der Waals surface area contributed by atoms with E-state index < -0.39 is 15.9 Å². The number of aromatic nitrogens is 1. The maximum absolute atomic E-state index is 12.6. The zero-order chi connectivity index (χ0) is 15.6. The highest BCUT2D eigenvalue weighted by Crippen LogP contribution is 2.28. The van der Waals surface area contributed by atoms with Crippen LogP contribution < -0.4 is 5.32 Å². The van der Waals surface area contributed by atoms with Gasteiger partial charge in [0.1, 0.15) is 9.77 Å². The molecule has 8 heteroatoms. The van der Waals surface area contributed by atoms with Gasteiger partial charge in [0.2, 0.25) is 10.0 Å². The molecule has 6 nitrogen and oxygen atoms in total. The number of hydrogen-bond donors (Lipinski definition) is 1. The lowest BCUT2D eigenvalue weighted by Crippen LogP contribution is -2.29. The summed E-state index contributed by atoms with van der Waals surface area (Å²) in [5, 5.41) is 4.33. The molecule has 0 aliphatic carbocycles. The van der Waals surface area contributed by atoms with Gasteiger partial charge in [-0.05, 0) is 36.4 Å². The van der Waals surface area contributed by atoms with Crippen LogP contribution in [-0.4, -0.2) is 36.7 Å². The molecule has 3 rings (SSSR count). The first kappa shape index (κ1) is 15.1. The number of hydrogen-bond acceptors (Lipinski definition) is 5. The predicted octanol–water partition coefficient (Wildman–Crippen LogP) is 2.18. The molecule has 0 atom stereocenters. The SMILES string of the molecule is O=C(Nc1ccncc1)c1sccc1S(=O)(=O)N1CCCC1. The molecule has 0 saturated carbocycles. The van der Waals surface area contributed by atoms with E-state index in [4.69, 9.17) is 0 Å². The highest BCUT2D eigenvalue weighted by atomic mass is 32.2. The maximum Gasteiger partial charge on any atom is 0.267 e. The molecule has 3 heterocycles. The van der Waals surface area contributed by atoms with Gasteiger partial charge in [0, 0.05) is 31.2 Å². The molecule has 2 aromatic rings. The zero-order valence-corrected chi connectivity index (χ0v) is 13.4. The lowest BCUT2D eigenvalue weighted by Gasteiger charge is -2.15. The van der Waals surface area contributed by atoms with Gasteiger partial charge >= 0.3 is 0 Å². The van der Waals surface area contributed by atoms with Gasteiger partial charge in [0.25, 0.3) is 5.91 Å². The number of carbonyl (C=O) groups is 1. The monoisotopic (exact) mass is 337 g/mol. The fourth-order valence-electron chi connectivity index (χ4n) is 2.36. The summed E-state index contributed by atoms with van der Waals surface area (Å²) >= 11 is 1.13. The highest BCUT2D eigenvalue weighted by Gasteiger charge is 2.31. The summed E-state index contributed by atoms with van der Waals surface area (Å²) in [6.07, 6.45) is 4.85. The van der Waals surface area contributed by atoms with E-state index in [1.807, 2.05) is 0 Å². The quantitative estimate of drug-likeness (QED) is 0.927. The molecule has 0 bridgehead atoms. The minimum atomic E-state index is -3.59. The van der Waals surface area contributed by atoms with Crippen LogP contribution in [0.3, 0.4) is 0 Å². The number of thiophene rings is 1. The molecular formula is C14H15N3O3S2. The predicted molar refractivity (Wildman–Crippen MR) is 84.5 cm³/mol. The van der Waals surface area contributed by atoms with E-state index in [2.05, 4.69) is 10.3 Å². The van der Waals surface area contributed by atoms with Crippen molar-refractivity contribution < 1.29 is 13.2 Å². The van der Waals surface area contributed by atoms with Crippen molar-refractivity contribution in [2.45, 2.75) is 17.7 Å². The third kappa shape index (κ3) is 2.90. The molecule has 0 radical (unpaired) electrons. The lowest BCUT2D eigenvalue weighted by atomic mass is 10.4. The van der Waals surface area contributed by atoms with Crippen LogP contribution in [0.15, 0.2) is 40.9 Å². The Morgan fingerprint density at radius 2 is 1.86 bits per heavy atom. The molecular weight excluding hydrogens is 322 g/mol. The minimum Gasteiger partial charge on any atom is -0.321 e. The second-order valence-corrected chi connectivity index (χ2v) is 7.74. The van der Waals surface area contributed by atoms with Gasteiger partial charge in [0.15, 0.2) is 0 Å². The van der Waals surface area contributed by atoms with Crippen LogP contribution in [0.1, 0.15) is 22.5 Å². The zero-order valence-electron chi connectivity index (χ0n) is 11.7. The summed E-state index contributed by atoms with van der Waals surface area (Å²) in [4.78, 5) is 16.5. The third-order valence-electron chi connectivity index (χ3n) is 3.46. The summed E-state index contributed by atoms with van der Waals surface area (Å²) in [5.74, 6) is -0.418. The second kappa shape index (κ2) is 6.15. The smallest absolute Gasteiger partial charge is 0.267 e. The van der Waals surface area contributed by atoms with E-state index in [0.717, 1.165) is 24.2 Å². The Hall–Kier alpha value is -1.77. The first-order valence-electron chi connectivity index (χ1n) is 6.88. The lowest BCUT2D eigenvalue weighted by molar-refractivity contribution is 0.102.